The second kappa shape index (κ2) is 7.66. The highest BCUT2D eigenvalue weighted by atomic mass is 35.5. The summed E-state index contributed by atoms with van der Waals surface area (Å²) in [5, 5.41) is 7.56. The van der Waals surface area contributed by atoms with E-state index in [-0.39, 0.29) is 22.7 Å². The van der Waals surface area contributed by atoms with Gasteiger partial charge in [0.25, 0.3) is 5.91 Å². The minimum absolute atomic E-state index is 0.0725. The van der Waals surface area contributed by atoms with E-state index in [4.69, 9.17) is 11.6 Å². The van der Waals surface area contributed by atoms with Crippen molar-refractivity contribution in [2.45, 2.75) is 6.42 Å². The Bertz CT molecular complexity index is 956. The minimum Gasteiger partial charge on any atom is -0.352 e. The number of hydrogen-bond acceptors (Lipinski definition) is 2. The van der Waals surface area contributed by atoms with Crippen LogP contribution in [0.2, 0.25) is 5.02 Å². The van der Waals surface area contributed by atoms with Gasteiger partial charge in [0.05, 0.1) is 5.56 Å². The van der Waals surface area contributed by atoms with Crippen LogP contribution in [0.4, 0.5) is 8.78 Å². The molecule has 1 amide bonds. The zero-order valence-corrected chi connectivity index (χ0v) is 14.7. The predicted octanol–water partition coefficient (Wildman–Crippen LogP) is 3.99. The molecule has 0 radical (unpaired) electrons. The van der Waals surface area contributed by atoms with Crippen molar-refractivity contribution in [1.29, 1.82) is 0 Å². The molecule has 7 heteroatoms. The van der Waals surface area contributed by atoms with Crippen LogP contribution in [-0.2, 0) is 13.5 Å². The number of rotatable bonds is 5. The first kappa shape index (κ1) is 18.1. The number of hydrogen-bond donors (Lipinski definition) is 1. The molecule has 26 heavy (non-hydrogen) atoms. The molecule has 1 aromatic heterocycles. The highest BCUT2D eigenvalue weighted by Crippen LogP contribution is 2.25. The number of nitrogens with one attached hydrogen (secondary N) is 1. The number of benzene rings is 2. The molecule has 134 valence electrons. The summed E-state index contributed by atoms with van der Waals surface area (Å²) in [5.41, 5.74) is 1.38. The van der Waals surface area contributed by atoms with E-state index in [1.807, 2.05) is 18.2 Å². The van der Waals surface area contributed by atoms with Crippen LogP contribution in [-0.4, -0.2) is 22.2 Å². The Labute approximate surface area is 154 Å². The van der Waals surface area contributed by atoms with Crippen LogP contribution in [0.25, 0.3) is 11.3 Å². The van der Waals surface area contributed by atoms with Gasteiger partial charge in [0.2, 0.25) is 0 Å². The number of aromatic nitrogens is 2. The minimum atomic E-state index is -0.770. The summed E-state index contributed by atoms with van der Waals surface area (Å²) in [7, 11) is 1.63. The number of carbonyl (C=O) groups is 1. The monoisotopic (exact) mass is 375 g/mol. The van der Waals surface area contributed by atoms with Gasteiger partial charge in [-0.05, 0) is 30.2 Å². The second-order valence-electron chi connectivity index (χ2n) is 5.79. The number of carbonyl (C=O) groups excluding carboxylic acids is 1. The van der Waals surface area contributed by atoms with Crippen molar-refractivity contribution in [3.63, 3.8) is 0 Å². The summed E-state index contributed by atoms with van der Waals surface area (Å²) in [5.74, 6) is -1.84. The normalized spacial score (nSPS) is 10.8. The molecule has 0 aliphatic rings. The molecule has 2 aromatic carbocycles. The van der Waals surface area contributed by atoms with E-state index in [9.17, 15) is 13.6 Å². The Morgan fingerprint density at radius 3 is 2.73 bits per heavy atom. The Hall–Kier alpha value is -2.73. The lowest BCUT2D eigenvalue weighted by Gasteiger charge is -2.07. The van der Waals surface area contributed by atoms with Crippen LogP contribution in [0.5, 0.6) is 0 Å². The SMILES string of the molecule is Cn1cc(C(=O)NCCc2ccccc2Cl)c(-c2ccc(F)cc2F)n1. The zero-order valence-electron chi connectivity index (χ0n) is 14.0. The van der Waals surface area contributed by atoms with Crippen LogP contribution in [0, 0.1) is 11.6 Å². The fourth-order valence-electron chi connectivity index (χ4n) is 2.64. The number of nitrogens with zero attached hydrogens (tertiary/aromatic N) is 2. The molecular formula is C19H16ClF2N3O. The fraction of sp³-hybridized carbons (Fsp3) is 0.158. The van der Waals surface area contributed by atoms with Crippen molar-refractivity contribution in [3.05, 3.63) is 76.4 Å². The first-order chi connectivity index (χ1) is 12.5. The first-order valence-electron chi connectivity index (χ1n) is 7.96. The van der Waals surface area contributed by atoms with Crippen molar-refractivity contribution in [2.24, 2.45) is 7.05 Å². The van der Waals surface area contributed by atoms with E-state index in [0.29, 0.717) is 18.0 Å². The van der Waals surface area contributed by atoms with Crippen LogP contribution >= 0.6 is 11.6 Å². The van der Waals surface area contributed by atoms with Gasteiger partial charge in [-0.25, -0.2) is 8.78 Å². The first-order valence-corrected chi connectivity index (χ1v) is 8.34. The molecular weight excluding hydrogens is 360 g/mol. The van der Waals surface area contributed by atoms with Gasteiger partial charge in [-0.2, -0.15) is 5.10 Å². The molecule has 1 heterocycles. The Kier molecular flexibility index (Phi) is 5.32. The maximum Gasteiger partial charge on any atom is 0.255 e. The summed E-state index contributed by atoms with van der Waals surface area (Å²) < 4.78 is 28.6. The number of halogens is 3. The molecule has 1 N–H and O–H groups in total. The van der Waals surface area contributed by atoms with Gasteiger partial charge in [-0.3, -0.25) is 9.48 Å². The van der Waals surface area contributed by atoms with E-state index >= 15 is 0 Å². The van der Waals surface area contributed by atoms with Gasteiger partial charge in [0.1, 0.15) is 17.3 Å². The highest BCUT2D eigenvalue weighted by molar-refractivity contribution is 6.31. The van der Waals surface area contributed by atoms with Crippen molar-refractivity contribution in [3.8, 4) is 11.3 Å². The van der Waals surface area contributed by atoms with Crippen LogP contribution < -0.4 is 5.32 Å². The smallest absolute Gasteiger partial charge is 0.255 e. The molecule has 0 unspecified atom stereocenters. The molecule has 0 atom stereocenters. The van der Waals surface area contributed by atoms with Crippen LogP contribution in [0.15, 0.2) is 48.7 Å². The molecule has 0 spiro atoms. The Morgan fingerprint density at radius 2 is 2.00 bits per heavy atom. The summed E-state index contributed by atoms with van der Waals surface area (Å²) >= 11 is 6.10. The fourth-order valence-corrected chi connectivity index (χ4v) is 2.87. The Morgan fingerprint density at radius 1 is 1.23 bits per heavy atom. The van der Waals surface area contributed by atoms with Gasteiger partial charge in [0, 0.05) is 36.4 Å². The Balaban J connectivity index is 1.77. The van der Waals surface area contributed by atoms with Gasteiger partial charge in [0.15, 0.2) is 0 Å². The van der Waals surface area contributed by atoms with Gasteiger partial charge < -0.3 is 5.32 Å². The second-order valence-corrected chi connectivity index (χ2v) is 6.19. The van der Waals surface area contributed by atoms with E-state index in [2.05, 4.69) is 10.4 Å². The van der Waals surface area contributed by atoms with Crippen molar-refractivity contribution >= 4 is 17.5 Å². The highest BCUT2D eigenvalue weighted by Gasteiger charge is 2.19. The van der Waals surface area contributed by atoms with E-state index in [1.165, 1.54) is 16.9 Å². The lowest BCUT2D eigenvalue weighted by Crippen LogP contribution is -2.26. The van der Waals surface area contributed by atoms with Crippen molar-refractivity contribution < 1.29 is 13.6 Å². The number of amides is 1. The number of aryl methyl sites for hydroxylation is 1. The molecule has 0 saturated carbocycles. The maximum absolute atomic E-state index is 14.1. The average Bonchev–Trinajstić information content (AvgIpc) is 2.98. The third kappa shape index (κ3) is 3.91. The molecule has 0 bridgehead atoms. The molecule has 0 aliphatic heterocycles. The summed E-state index contributed by atoms with van der Waals surface area (Å²) in [6.07, 6.45) is 2.06. The van der Waals surface area contributed by atoms with E-state index in [1.54, 1.807) is 13.1 Å². The summed E-state index contributed by atoms with van der Waals surface area (Å²) in [6.45, 7) is 0.364. The summed E-state index contributed by atoms with van der Waals surface area (Å²) in [4.78, 5) is 12.5. The molecule has 4 nitrogen and oxygen atoms in total. The zero-order chi connectivity index (χ0) is 18.7. The predicted molar refractivity (Wildman–Crippen MR) is 96.0 cm³/mol. The van der Waals surface area contributed by atoms with E-state index in [0.717, 1.165) is 17.7 Å². The third-order valence-corrected chi connectivity index (χ3v) is 4.27. The van der Waals surface area contributed by atoms with Gasteiger partial charge >= 0.3 is 0 Å². The van der Waals surface area contributed by atoms with Crippen molar-refractivity contribution in [2.75, 3.05) is 6.54 Å². The largest absolute Gasteiger partial charge is 0.352 e. The quantitative estimate of drug-likeness (QED) is 0.733. The maximum atomic E-state index is 14.1. The van der Waals surface area contributed by atoms with Gasteiger partial charge in [-0.15, -0.1) is 0 Å². The molecule has 0 saturated heterocycles. The van der Waals surface area contributed by atoms with Crippen molar-refractivity contribution in [1.82, 2.24) is 15.1 Å². The topological polar surface area (TPSA) is 46.9 Å². The van der Waals surface area contributed by atoms with Crippen LogP contribution in [0.1, 0.15) is 15.9 Å². The molecule has 3 rings (SSSR count). The van der Waals surface area contributed by atoms with Gasteiger partial charge in [-0.1, -0.05) is 29.8 Å². The lowest BCUT2D eigenvalue weighted by molar-refractivity contribution is 0.0954. The lowest BCUT2D eigenvalue weighted by atomic mass is 10.1. The molecule has 3 aromatic rings. The van der Waals surface area contributed by atoms with Crippen LogP contribution in [0.3, 0.4) is 0 Å². The standard InChI is InChI=1S/C19H16ClF2N3O/c1-25-11-15(18(24-25)14-7-6-13(21)10-17(14)22)19(26)23-9-8-12-4-2-3-5-16(12)20/h2-7,10-11H,8-9H2,1H3,(H,23,26). The van der Waals surface area contributed by atoms with E-state index < -0.39 is 11.6 Å². The summed E-state index contributed by atoms with van der Waals surface area (Å²) in [6, 6.07) is 10.6. The molecule has 0 fully saturated rings. The molecule has 0 aliphatic carbocycles. The average molecular weight is 376 g/mol. The third-order valence-electron chi connectivity index (χ3n) is 3.90.